The number of hydrogen-bond donors (Lipinski definition) is 0. The largest absolute Gasteiger partial charge is 0.496 e. The summed E-state index contributed by atoms with van der Waals surface area (Å²) < 4.78 is 10.7. The van der Waals surface area contributed by atoms with Crippen LogP contribution in [0.4, 0.5) is 0 Å². The Bertz CT molecular complexity index is 438. The van der Waals surface area contributed by atoms with Gasteiger partial charge in [0.2, 0.25) is 5.91 Å². The summed E-state index contributed by atoms with van der Waals surface area (Å²) in [6, 6.07) is 7.86. The number of ether oxygens (including phenoxy) is 2. The SMILES string of the molecule is CCOCCN1C(=O)CSC1c1ccccc1OC. The molecule has 1 saturated heterocycles. The van der Waals surface area contributed by atoms with Crippen LogP contribution in [0.2, 0.25) is 0 Å². The van der Waals surface area contributed by atoms with Gasteiger partial charge in [-0.05, 0) is 13.0 Å². The lowest BCUT2D eigenvalue weighted by molar-refractivity contribution is -0.128. The van der Waals surface area contributed by atoms with Crippen LogP contribution in [0.25, 0.3) is 0 Å². The van der Waals surface area contributed by atoms with Crippen molar-refractivity contribution < 1.29 is 14.3 Å². The van der Waals surface area contributed by atoms with Crippen molar-refractivity contribution in [3.8, 4) is 5.75 Å². The third-order valence-electron chi connectivity index (χ3n) is 3.05. The van der Waals surface area contributed by atoms with E-state index in [4.69, 9.17) is 9.47 Å². The first-order valence-corrected chi connectivity index (χ1v) is 7.44. The van der Waals surface area contributed by atoms with Crippen molar-refractivity contribution in [2.45, 2.75) is 12.3 Å². The van der Waals surface area contributed by atoms with E-state index in [2.05, 4.69) is 0 Å². The molecule has 1 heterocycles. The van der Waals surface area contributed by atoms with Crippen LogP contribution in [0.5, 0.6) is 5.75 Å². The smallest absolute Gasteiger partial charge is 0.233 e. The first-order valence-electron chi connectivity index (χ1n) is 6.39. The van der Waals surface area contributed by atoms with Crippen molar-refractivity contribution in [1.82, 2.24) is 4.90 Å². The number of rotatable bonds is 6. The maximum atomic E-state index is 12.0. The molecule has 0 aliphatic carbocycles. The molecular formula is C14H19NO3S. The summed E-state index contributed by atoms with van der Waals surface area (Å²) in [4.78, 5) is 13.8. The molecule has 1 fully saturated rings. The number of thioether (sulfide) groups is 1. The minimum Gasteiger partial charge on any atom is -0.496 e. The molecule has 1 atom stereocenters. The summed E-state index contributed by atoms with van der Waals surface area (Å²) in [5.41, 5.74) is 1.05. The van der Waals surface area contributed by atoms with Crippen LogP contribution in [0.15, 0.2) is 24.3 Å². The molecule has 0 N–H and O–H groups in total. The summed E-state index contributed by atoms with van der Waals surface area (Å²) in [6.45, 7) is 3.84. The molecule has 0 radical (unpaired) electrons. The van der Waals surface area contributed by atoms with Gasteiger partial charge in [-0.25, -0.2) is 0 Å². The van der Waals surface area contributed by atoms with Crippen LogP contribution in [-0.4, -0.2) is 43.4 Å². The highest BCUT2D eigenvalue weighted by atomic mass is 32.2. The molecule has 1 amide bonds. The van der Waals surface area contributed by atoms with Crippen LogP contribution in [0.3, 0.4) is 0 Å². The van der Waals surface area contributed by atoms with E-state index in [1.165, 1.54) is 0 Å². The zero-order valence-corrected chi connectivity index (χ0v) is 12.1. The number of methoxy groups -OCH3 is 1. The molecule has 4 nitrogen and oxygen atoms in total. The molecule has 1 aliphatic rings. The minimum absolute atomic E-state index is 0.0316. The Morgan fingerprint density at radius 3 is 2.95 bits per heavy atom. The Labute approximate surface area is 118 Å². The first-order chi connectivity index (χ1) is 9.27. The van der Waals surface area contributed by atoms with Crippen molar-refractivity contribution in [2.75, 3.05) is 32.6 Å². The maximum Gasteiger partial charge on any atom is 0.233 e. The van der Waals surface area contributed by atoms with Gasteiger partial charge in [-0.1, -0.05) is 18.2 Å². The lowest BCUT2D eigenvalue weighted by Crippen LogP contribution is -2.31. The Hall–Kier alpha value is -1.20. The third-order valence-corrected chi connectivity index (χ3v) is 4.29. The second kappa shape index (κ2) is 6.82. The predicted octanol–water partition coefficient (Wildman–Crippen LogP) is 2.31. The van der Waals surface area contributed by atoms with Crippen molar-refractivity contribution in [1.29, 1.82) is 0 Å². The van der Waals surface area contributed by atoms with Gasteiger partial charge in [0, 0.05) is 18.7 Å². The van der Waals surface area contributed by atoms with Crippen LogP contribution >= 0.6 is 11.8 Å². The number of carbonyl (C=O) groups excluding carboxylic acids is 1. The van der Waals surface area contributed by atoms with E-state index in [1.807, 2.05) is 36.1 Å². The number of nitrogens with zero attached hydrogens (tertiary/aromatic N) is 1. The van der Waals surface area contributed by atoms with Crippen molar-refractivity contribution in [2.24, 2.45) is 0 Å². The summed E-state index contributed by atoms with van der Waals surface area (Å²) in [5.74, 6) is 1.52. The molecule has 0 spiro atoms. The summed E-state index contributed by atoms with van der Waals surface area (Å²) in [5, 5.41) is 0.0316. The summed E-state index contributed by atoms with van der Waals surface area (Å²) in [6.07, 6.45) is 0. The van der Waals surface area contributed by atoms with E-state index in [9.17, 15) is 4.79 Å². The molecule has 19 heavy (non-hydrogen) atoms. The van der Waals surface area contributed by atoms with E-state index in [1.54, 1.807) is 18.9 Å². The van der Waals surface area contributed by atoms with E-state index < -0.39 is 0 Å². The van der Waals surface area contributed by atoms with Gasteiger partial charge in [0.25, 0.3) is 0 Å². The lowest BCUT2D eigenvalue weighted by atomic mass is 10.2. The van der Waals surface area contributed by atoms with E-state index >= 15 is 0 Å². The van der Waals surface area contributed by atoms with Gasteiger partial charge in [-0.3, -0.25) is 4.79 Å². The van der Waals surface area contributed by atoms with Crippen LogP contribution in [-0.2, 0) is 9.53 Å². The molecule has 1 aromatic carbocycles. The molecule has 5 heteroatoms. The van der Waals surface area contributed by atoms with E-state index in [-0.39, 0.29) is 11.3 Å². The Morgan fingerprint density at radius 1 is 1.42 bits per heavy atom. The molecule has 0 bridgehead atoms. The Kier molecular flexibility index (Phi) is 5.10. The topological polar surface area (TPSA) is 38.8 Å². The quantitative estimate of drug-likeness (QED) is 0.750. The van der Waals surface area contributed by atoms with Gasteiger partial charge in [0.15, 0.2) is 0 Å². The third kappa shape index (κ3) is 3.22. The van der Waals surface area contributed by atoms with E-state index in [0.29, 0.717) is 25.5 Å². The highest BCUT2D eigenvalue weighted by Gasteiger charge is 2.33. The maximum absolute atomic E-state index is 12.0. The van der Waals surface area contributed by atoms with Crippen molar-refractivity contribution in [3.63, 3.8) is 0 Å². The fourth-order valence-electron chi connectivity index (χ4n) is 2.13. The number of hydrogen-bond acceptors (Lipinski definition) is 4. The summed E-state index contributed by atoms with van der Waals surface area (Å²) >= 11 is 1.64. The predicted molar refractivity (Wildman–Crippen MR) is 76.4 cm³/mol. The van der Waals surface area contributed by atoms with Gasteiger partial charge in [-0.15, -0.1) is 11.8 Å². The molecule has 2 rings (SSSR count). The monoisotopic (exact) mass is 281 g/mol. The van der Waals surface area contributed by atoms with Crippen molar-refractivity contribution in [3.05, 3.63) is 29.8 Å². The molecule has 0 saturated carbocycles. The Morgan fingerprint density at radius 2 is 2.21 bits per heavy atom. The van der Waals surface area contributed by atoms with Gasteiger partial charge in [-0.2, -0.15) is 0 Å². The molecule has 1 unspecified atom stereocenters. The van der Waals surface area contributed by atoms with Gasteiger partial charge < -0.3 is 14.4 Å². The van der Waals surface area contributed by atoms with Gasteiger partial charge in [0.05, 0.1) is 19.5 Å². The molecular weight excluding hydrogens is 262 g/mol. The second-order valence-electron chi connectivity index (χ2n) is 4.19. The zero-order chi connectivity index (χ0) is 13.7. The van der Waals surface area contributed by atoms with Crippen molar-refractivity contribution >= 4 is 17.7 Å². The second-order valence-corrected chi connectivity index (χ2v) is 5.26. The van der Waals surface area contributed by atoms with Crippen LogP contribution in [0, 0.1) is 0 Å². The number of carbonyl (C=O) groups is 1. The first kappa shape index (κ1) is 14.2. The Balaban J connectivity index is 2.15. The molecule has 1 aliphatic heterocycles. The summed E-state index contributed by atoms with van der Waals surface area (Å²) in [7, 11) is 1.66. The number of amides is 1. The normalized spacial score (nSPS) is 18.9. The van der Waals surface area contributed by atoms with Gasteiger partial charge >= 0.3 is 0 Å². The fourth-order valence-corrected chi connectivity index (χ4v) is 3.37. The molecule has 0 aromatic heterocycles. The lowest BCUT2D eigenvalue weighted by Gasteiger charge is -2.25. The zero-order valence-electron chi connectivity index (χ0n) is 11.3. The van der Waals surface area contributed by atoms with Crippen LogP contribution < -0.4 is 4.74 Å². The minimum atomic E-state index is 0.0316. The number of para-hydroxylation sites is 1. The average molecular weight is 281 g/mol. The average Bonchev–Trinajstić information content (AvgIpc) is 2.80. The van der Waals surface area contributed by atoms with Gasteiger partial charge in [0.1, 0.15) is 11.1 Å². The fraction of sp³-hybridized carbons (Fsp3) is 0.500. The molecule has 104 valence electrons. The highest BCUT2D eigenvalue weighted by Crippen LogP contribution is 2.41. The standard InChI is InChI=1S/C14H19NO3S/c1-3-18-9-8-15-13(16)10-19-14(15)11-6-4-5-7-12(11)17-2/h4-7,14H,3,8-10H2,1-2H3. The van der Waals surface area contributed by atoms with E-state index in [0.717, 1.165) is 11.3 Å². The molecule has 1 aromatic rings. The van der Waals surface area contributed by atoms with Crippen LogP contribution in [0.1, 0.15) is 17.9 Å². The number of benzene rings is 1. The highest BCUT2D eigenvalue weighted by molar-refractivity contribution is 8.00.